The molecule has 0 aliphatic heterocycles. The van der Waals surface area contributed by atoms with Crippen LogP contribution in [0, 0.1) is 45.3 Å². The van der Waals surface area contributed by atoms with Gasteiger partial charge in [-0.15, -0.1) is 0 Å². The van der Waals surface area contributed by atoms with Crippen molar-refractivity contribution in [3.63, 3.8) is 0 Å². The summed E-state index contributed by atoms with van der Waals surface area (Å²) >= 11 is 0. The Bertz CT molecular complexity index is 3170. The first-order chi connectivity index (χ1) is 45.5. The van der Waals surface area contributed by atoms with Gasteiger partial charge in [0.15, 0.2) is 19.3 Å². The van der Waals surface area contributed by atoms with Gasteiger partial charge in [-0.1, -0.05) is 51.1 Å². The monoisotopic (exact) mass is 1530 g/mol. The molecule has 1 aliphatic carbocycles. The van der Waals surface area contributed by atoms with Crippen molar-refractivity contribution < 1.29 is 204 Å². The van der Waals surface area contributed by atoms with Crippen LogP contribution in [0.3, 0.4) is 0 Å². The number of esters is 9. The van der Waals surface area contributed by atoms with Crippen molar-refractivity contribution in [3.8, 4) is 5.75 Å². The van der Waals surface area contributed by atoms with E-state index in [-0.39, 0.29) is 24.8 Å². The lowest BCUT2D eigenvalue weighted by Crippen LogP contribution is -2.80. The third kappa shape index (κ3) is 23.1. The van der Waals surface area contributed by atoms with Gasteiger partial charge in [0.25, 0.3) is 6.10 Å². The Morgan fingerprint density at radius 2 is 0.871 bits per heavy atom. The first-order valence-electron chi connectivity index (χ1n) is 27.8. The Balaban J connectivity index is 0.000000778. The van der Waals surface area contributed by atoms with E-state index in [4.69, 9.17) is 9.47 Å². The molecule has 0 saturated heterocycles. The van der Waals surface area contributed by atoms with Gasteiger partial charge in [0.1, 0.15) is 0 Å². The average molecular weight is 1530 g/mol. The van der Waals surface area contributed by atoms with Crippen LogP contribution in [0.15, 0.2) is 30.3 Å². The molecular weight excluding hydrogens is 1470 g/mol. The second-order valence-corrected chi connectivity index (χ2v) is 21.9. The number of methoxy groups -OCH3 is 1. The highest BCUT2D eigenvalue weighted by molar-refractivity contribution is 5.87. The minimum absolute atomic E-state index is 0.148. The zero-order chi connectivity index (χ0) is 79.2. The summed E-state index contributed by atoms with van der Waals surface area (Å²) in [5, 5.41) is 0. The van der Waals surface area contributed by atoms with Crippen molar-refractivity contribution in [2.45, 2.75) is 179 Å². The summed E-state index contributed by atoms with van der Waals surface area (Å²) in [6.45, 7) is 3.51. The topological polar surface area (TPSA) is 237 Å². The molecule has 5 unspecified atom stereocenters. The summed E-state index contributed by atoms with van der Waals surface area (Å²) in [5.41, 5.74) is -5.12. The summed E-state index contributed by atoms with van der Waals surface area (Å²) < 4.78 is 388. The number of ether oxygens (including phenoxy) is 9. The molecule has 0 N–H and O–H groups in total. The first kappa shape index (κ1) is 90.8. The van der Waals surface area contributed by atoms with Crippen LogP contribution >= 0.6 is 0 Å². The molecule has 0 amide bonds. The third-order valence-corrected chi connectivity index (χ3v) is 14.1. The zero-order valence-electron chi connectivity index (χ0n) is 52.5. The maximum absolute atomic E-state index is 13.8. The number of rotatable bonds is 26. The Morgan fingerprint density at radius 3 is 1.29 bits per heavy atom. The van der Waals surface area contributed by atoms with E-state index in [9.17, 15) is 162 Å². The molecule has 0 heterocycles. The fourth-order valence-electron chi connectivity index (χ4n) is 7.39. The van der Waals surface area contributed by atoms with Gasteiger partial charge in [0, 0.05) is 12.0 Å². The predicted molar refractivity (Wildman–Crippen MR) is 275 cm³/mol. The Morgan fingerprint density at radius 1 is 0.475 bits per heavy atom. The van der Waals surface area contributed by atoms with E-state index < -0.39 is 235 Å². The maximum atomic E-state index is 13.8. The van der Waals surface area contributed by atoms with Crippen LogP contribution in [0.4, 0.5) is 119 Å². The molecule has 1 fully saturated rings. The van der Waals surface area contributed by atoms with Crippen LogP contribution in [0.2, 0.25) is 0 Å². The van der Waals surface area contributed by atoms with Crippen molar-refractivity contribution in [3.05, 3.63) is 65.0 Å². The van der Waals surface area contributed by atoms with Crippen LogP contribution in [0.1, 0.15) is 112 Å². The normalized spacial score (nSPS) is 17.9. The summed E-state index contributed by atoms with van der Waals surface area (Å²) in [6, 6.07) is 7.50. The fraction of sp³-hybridized carbons (Fsp3) is 0.625. The number of carbonyl (C=O) groups is 9. The number of carbonyl (C=O) groups excluding carboxylic acids is 9. The van der Waals surface area contributed by atoms with E-state index in [2.05, 4.69) is 33.2 Å². The molecule has 45 heteroatoms. The SMILES string of the molecule is CCC(C)(CC(=O)OC(C(F)(F)F)C(F)(F)F)C(=O)OCCCC(=O)OC1C(F)(F)C(F)(F)C(F)(F)C(F)(F)C1(F)F.CCC(C)(CC(=O)OC)C(=O)OC(C(=O)OCC(F)(F)F)c1ccccc1.CCC(C)(CC(=O)OCC(F)(F)F)C(=O)OC(C)C(=O)Oc1c(F)c(F)c(F)c(F)c1F. The van der Waals surface area contributed by atoms with Gasteiger partial charge >= 0.3 is 108 Å². The largest absolute Gasteiger partial charge is 0.469 e. The summed E-state index contributed by atoms with van der Waals surface area (Å²) in [4.78, 5) is 108. The van der Waals surface area contributed by atoms with Crippen molar-refractivity contribution in [1.29, 1.82) is 0 Å². The van der Waals surface area contributed by atoms with Gasteiger partial charge in [-0.05, 0) is 53.4 Å². The van der Waals surface area contributed by atoms with E-state index >= 15 is 0 Å². The molecule has 2 aromatic carbocycles. The highest BCUT2D eigenvalue weighted by atomic mass is 19.4. The van der Waals surface area contributed by atoms with Crippen molar-refractivity contribution >= 4 is 53.7 Å². The number of hydrogen-bond acceptors (Lipinski definition) is 18. The Kier molecular flexibility index (Phi) is 30.7. The van der Waals surface area contributed by atoms with Gasteiger partial charge in [-0.25, -0.2) is 22.8 Å². The molecule has 0 aromatic heterocycles. The lowest BCUT2D eigenvalue weighted by atomic mass is 9.80. The minimum atomic E-state index is -7.29. The fourth-order valence-corrected chi connectivity index (χ4v) is 7.39. The maximum Gasteiger partial charge on any atom is 0.434 e. The van der Waals surface area contributed by atoms with Crippen LogP contribution in [0.5, 0.6) is 5.75 Å². The van der Waals surface area contributed by atoms with E-state index in [0.717, 1.165) is 34.8 Å². The Hall–Kier alpha value is -8.22. The molecule has 0 spiro atoms. The van der Waals surface area contributed by atoms with Crippen LogP contribution in [0.25, 0.3) is 0 Å². The van der Waals surface area contributed by atoms with Gasteiger partial charge in [-0.3, -0.25) is 33.6 Å². The summed E-state index contributed by atoms with van der Waals surface area (Å²) in [7, 11) is 1.16. The third-order valence-electron chi connectivity index (χ3n) is 14.1. The number of alkyl halides is 22. The standard InChI is InChI=1S/C20H18F16O6.C18H16F8O6.C18H21F3O6/c1-3-13(2,7-9(38)42-11(16(25,26)27)17(28,29)30)12(39)40-6-4-5-8(37)41-10-14(21,22)18(31,32)20(35,36)19(33,34)15(10,23)24;1-4-17(3,5-8(27)30-6-18(24,25)26)16(29)31-7(2)15(28)32-14-12(22)10(20)9(19)11(21)13(14)23;1-4-17(2,10-13(22)25-3)16(24)27-14(12-8-6-5-7-9-12)15(23)26-11-18(19,20)21/h10-11H,3-7H2,1-2H3;7H,4-6H2,1-3H3;5-9,14H,4,10-11H2,1-3H3. The van der Waals surface area contributed by atoms with Crippen molar-refractivity contribution in [1.82, 2.24) is 0 Å². The van der Waals surface area contributed by atoms with Crippen molar-refractivity contribution in [2.75, 3.05) is 26.9 Å². The summed E-state index contributed by atoms with van der Waals surface area (Å²) in [6.07, 6.45) is -40.5. The van der Waals surface area contributed by atoms with Gasteiger partial charge in [0.05, 0.1) is 49.2 Å². The molecule has 1 saturated carbocycles. The Labute approximate surface area is 549 Å². The van der Waals surface area contributed by atoms with Crippen LogP contribution in [-0.4, -0.2) is 153 Å². The number of hydrogen-bond donors (Lipinski definition) is 0. The first-order valence-corrected chi connectivity index (χ1v) is 27.8. The molecule has 5 atom stereocenters. The second-order valence-electron chi connectivity index (χ2n) is 21.9. The van der Waals surface area contributed by atoms with Crippen molar-refractivity contribution in [2.24, 2.45) is 16.2 Å². The van der Waals surface area contributed by atoms with E-state index in [1.807, 2.05) is 0 Å². The van der Waals surface area contributed by atoms with E-state index in [1.54, 1.807) is 13.0 Å². The molecule has 0 bridgehead atoms. The van der Waals surface area contributed by atoms with Crippen LogP contribution < -0.4 is 4.74 Å². The molecular formula is C56H55F27O18. The van der Waals surface area contributed by atoms with E-state index in [0.29, 0.717) is 0 Å². The molecule has 2 aromatic rings. The van der Waals surface area contributed by atoms with Crippen LogP contribution in [-0.2, 0) is 81.0 Å². The highest BCUT2D eigenvalue weighted by Gasteiger charge is 2.96. The lowest BCUT2D eigenvalue weighted by molar-refractivity contribution is -0.468. The molecule has 1 aliphatic rings. The smallest absolute Gasteiger partial charge is 0.434 e. The second kappa shape index (κ2) is 34.2. The van der Waals surface area contributed by atoms with Gasteiger partial charge < -0.3 is 42.6 Å². The highest BCUT2D eigenvalue weighted by Crippen LogP contribution is 2.65. The minimum Gasteiger partial charge on any atom is -0.469 e. The quantitative estimate of drug-likeness (QED) is 0.0162. The average Bonchev–Trinajstić information content (AvgIpc) is 0.681. The molecule has 0 radical (unpaired) electrons. The molecule has 18 nitrogen and oxygen atoms in total. The number of benzene rings is 2. The lowest BCUT2D eigenvalue weighted by Gasteiger charge is -2.48. The van der Waals surface area contributed by atoms with Gasteiger partial charge in [0.2, 0.25) is 47.0 Å². The van der Waals surface area contributed by atoms with Gasteiger partial charge in [-0.2, -0.15) is 105 Å². The zero-order valence-corrected chi connectivity index (χ0v) is 52.5. The van der Waals surface area contributed by atoms with E-state index in [1.165, 1.54) is 38.1 Å². The molecule has 101 heavy (non-hydrogen) atoms. The number of halogens is 27. The summed E-state index contributed by atoms with van der Waals surface area (Å²) in [5.74, 6) is -62.5. The molecule has 3 rings (SSSR count). The predicted octanol–water partition coefficient (Wildman–Crippen LogP) is 13.7. The molecule has 576 valence electrons.